The Kier molecular flexibility index (Phi) is 10.6. The molecule has 8 nitrogen and oxygen atoms in total. The number of aliphatic hydroxyl groups excluding tert-OH is 1. The van der Waals surface area contributed by atoms with Gasteiger partial charge in [0.1, 0.15) is 17.2 Å². The van der Waals surface area contributed by atoms with Crippen LogP contribution in [0.2, 0.25) is 0 Å². The molecule has 1 amide bonds. The lowest BCUT2D eigenvalue weighted by Gasteiger charge is -2.31. The molecule has 3 aromatic carbocycles. The van der Waals surface area contributed by atoms with Gasteiger partial charge in [-0.05, 0) is 63.6 Å². The number of hydrogen-bond donors (Lipinski definition) is 2. The number of amides is 1. The second-order valence-electron chi connectivity index (χ2n) is 11.2. The molecule has 1 aliphatic rings. The standard InChI is InChI=1S/C33H36BrFN2O6/c1-32(2,3)43-28(39)17-18-33(31(40)36-21-23-9-4-7-12-27(23)35)29(25-10-5-6-11-26(25)34)42-30(37-33)22-13-15-24(16-14-22)41-20-8-19-38/h4-7,9-16,29,38H,8,17-21H2,1-3H3,(H,36,40)/t29-,33-/m1/s1. The number of nitrogens with zero attached hydrogens (tertiary/aromatic N) is 1. The van der Waals surface area contributed by atoms with E-state index in [4.69, 9.17) is 24.3 Å². The molecule has 0 bridgehead atoms. The Bertz CT molecular complexity index is 1460. The minimum absolute atomic E-state index is 0.0249. The molecule has 0 unspecified atom stereocenters. The van der Waals surface area contributed by atoms with Crippen molar-refractivity contribution in [2.24, 2.45) is 4.99 Å². The summed E-state index contributed by atoms with van der Waals surface area (Å²) in [5.74, 6) is -0.613. The average Bonchev–Trinajstić information content (AvgIpc) is 3.36. The number of carbonyl (C=O) groups excluding carboxylic acids is 2. The Labute approximate surface area is 259 Å². The van der Waals surface area contributed by atoms with E-state index in [1.165, 1.54) is 6.07 Å². The Morgan fingerprint density at radius 2 is 1.77 bits per heavy atom. The summed E-state index contributed by atoms with van der Waals surface area (Å²) >= 11 is 3.59. The number of rotatable bonds is 12. The van der Waals surface area contributed by atoms with Crippen molar-refractivity contribution in [1.29, 1.82) is 0 Å². The first-order valence-electron chi connectivity index (χ1n) is 14.1. The van der Waals surface area contributed by atoms with E-state index in [2.05, 4.69) is 21.2 Å². The highest BCUT2D eigenvalue weighted by Crippen LogP contribution is 2.45. The molecule has 43 heavy (non-hydrogen) atoms. The molecule has 1 heterocycles. The maximum atomic E-state index is 14.4. The third kappa shape index (κ3) is 8.20. The van der Waals surface area contributed by atoms with E-state index in [-0.39, 0.29) is 31.9 Å². The van der Waals surface area contributed by atoms with E-state index in [9.17, 15) is 14.0 Å². The highest BCUT2D eigenvalue weighted by Gasteiger charge is 2.53. The quantitative estimate of drug-likeness (QED) is 0.182. The normalized spacial score (nSPS) is 18.0. The second kappa shape index (κ2) is 14.1. The largest absolute Gasteiger partial charge is 0.494 e. The lowest BCUT2D eigenvalue weighted by Crippen LogP contribution is -2.48. The molecule has 0 fully saturated rings. The van der Waals surface area contributed by atoms with E-state index in [0.29, 0.717) is 39.9 Å². The summed E-state index contributed by atoms with van der Waals surface area (Å²) in [4.78, 5) is 32.0. The molecule has 228 valence electrons. The molecule has 3 aromatic rings. The monoisotopic (exact) mass is 654 g/mol. The predicted molar refractivity (Wildman–Crippen MR) is 164 cm³/mol. The molecule has 10 heteroatoms. The van der Waals surface area contributed by atoms with E-state index in [1.807, 2.05) is 24.3 Å². The zero-order chi connectivity index (χ0) is 31.0. The Hall–Kier alpha value is -3.76. The molecule has 2 N–H and O–H groups in total. The van der Waals surface area contributed by atoms with Crippen molar-refractivity contribution in [3.05, 3.63) is 99.8 Å². The minimum atomic E-state index is -1.59. The molecule has 0 saturated carbocycles. The molecule has 0 saturated heterocycles. The molecule has 2 atom stereocenters. The van der Waals surface area contributed by atoms with Gasteiger partial charge in [-0.2, -0.15) is 0 Å². The van der Waals surface area contributed by atoms with Gasteiger partial charge in [-0.25, -0.2) is 9.38 Å². The summed E-state index contributed by atoms with van der Waals surface area (Å²) in [6.07, 6.45) is -0.541. The zero-order valence-corrected chi connectivity index (χ0v) is 26.0. The number of nitrogens with one attached hydrogen (secondary N) is 1. The van der Waals surface area contributed by atoms with Crippen LogP contribution in [0.5, 0.6) is 5.75 Å². The van der Waals surface area contributed by atoms with Crippen molar-refractivity contribution >= 4 is 33.7 Å². The van der Waals surface area contributed by atoms with Crippen molar-refractivity contribution in [2.75, 3.05) is 13.2 Å². The smallest absolute Gasteiger partial charge is 0.306 e. The van der Waals surface area contributed by atoms with Crippen molar-refractivity contribution in [3.8, 4) is 5.75 Å². The van der Waals surface area contributed by atoms with Gasteiger partial charge in [0.05, 0.1) is 6.61 Å². The van der Waals surface area contributed by atoms with Gasteiger partial charge < -0.3 is 24.6 Å². The van der Waals surface area contributed by atoms with Crippen LogP contribution in [0, 0.1) is 5.82 Å². The Balaban J connectivity index is 1.73. The number of aliphatic imine (C=N–C) groups is 1. The summed E-state index contributed by atoms with van der Waals surface area (Å²) in [5, 5.41) is 11.9. The van der Waals surface area contributed by atoms with Crippen molar-refractivity contribution < 1.29 is 33.3 Å². The highest BCUT2D eigenvalue weighted by molar-refractivity contribution is 9.10. The summed E-state index contributed by atoms with van der Waals surface area (Å²) in [6, 6.07) is 20.6. The van der Waals surface area contributed by atoms with Crippen LogP contribution in [-0.4, -0.2) is 47.2 Å². The van der Waals surface area contributed by atoms with Gasteiger partial charge in [0.15, 0.2) is 11.6 Å². The number of ether oxygens (including phenoxy) is 3. The van der Waals surface area contributed by atoms with Gasteiger partial charge in [-0.15, -0.1) is 0 Å². The molecule has 0 radical (unpaired) electrons. The maximum absolute atomic E-state index is 14.4. The van der Waals surface area contributed by atoms with Crippen LogP contribution in [0.15, 0.2) is 82.3 Å². The third-order valence-electron chi connectivity index (χ3n) is 6.75. The molecule has 4 rings (SSSR count). The summed E-state index contributed by atoms with van der Waals surface area (Å²) in [5.41, 5.74) is -0.711. The van der Waals surface area contributed by atoms with Crippen LogP contribution >= 0.6 is 15.9 Å². The van der Waals surface area contributed by atoms with Crippen LogP contribution in [0.4, 0.5) is 4.39 Å². The van der Waals surface area contributed by atoms with Crippen molar-refractivity contribution in [2.45, 2.75) is 63.8 Å². The molecular weight excluding hydrogens is 619 g/mol. The first kappa shape index (κ1) is 32.2. The number of aliphatic hydroxyl groups is 1. The van der Waals surface area contributed by atoms with E-state index in [0.717, 1.165) is 0 Å². The molecule has 0 spiro atoms. The van der Waals surface area contributed by atoms with Crippen LogP contribution in [-0.2, 0) is 25.6 Å². The highest BCUT2D eigenvalue weighted by atomic mass is 79.9. The average molecular weight is 656 g/mol. The fourth-order valence-corrected chi connectivity index (χ4v) is 5.18. The van der Waals surface area contributed by atoms with Crippen molar-refractivity contribution in [3.63, 3.8) is 0 Å². The SMILES string of the molecule is CC(C)(C)OC(=O)CC[C@@]1(C(=O)NCc2ccccc2F)N=C(c2ccc(OCCCO)cc2)O[C@@H]1c1ccccc1Br. The summed E-state index contributed by atoms with van der Waals surface area (Å²) < 4.78 is 32.8. The van der Waals surface area contributed by atoms with Crippen LogP contribution in [0.3, 0.4) is 0 Å². The summed E-state index contributed by atoms with van der Waals surface area (Å²) in [6.45, 7) is 5.65. The fraction of sp³-hybridized carbons (Fsp3) is 0.364. The van der Waals surface area contributed by atoms with Gasteiger partial charge in [0.25, 0.3) is 5.91 Å². The lowest BCUT2D eigenvalue weighted by atomic mass is 9.83. The van der Waals surface area contributed by atoms with E-state index in [1.54, 1.807) is 63.2 Å². The van der Waals surface area contributed by atoms with Gasteiger partial charge in [-0.3, -0.25) is 9.59 Å². The number of esters is 1. The molecule has 1 aliphatic heterocycles. The number of carbonyl (C=O) groups is 2. The van der Waals surface area contributed by atoms with Crippen LogP contribution in [0.25, 0.3) is 0 Å². The molecule has 0 aromatic heterocycles. The van der Waals surface area contributed by atoms with Gasteiger partial charge in [0.2, 0.25) is 5.90 Å². The predicted octanol–water partition coefficient (Wildman–Crippen LogP) is 6.04. The first-order valence-corrected chi connectivity index (χ1v) is 14.9. The van der Waals surface area contributed by atoms with E-state index >= 15 is 0 Å². The van der Waals surface area contributed by atoms with Crippen LogP contribution < -0.4 is 10.1 Å². The second-order valence-corrected chi connectivity index (χ2v) is 12.0. The summed E-state index contributed by atoms with van der Waals surface area (Å²) in [7, 11) is 0. The van der Waals surface area contributed by atoms with Crippen LogP contribution in [0.1, 0.15) is 62.8 Å². The topological polar surface area (TPSA) is 106 Å². The first-order chi connectivity index (χ1) is 20.5. The van der Waals surface area contributed by atoms with Crippen molar-refractivity contribution in [1.82, 2.24) is 5.32 Å². The van der Waals surface area contributed by atoms with E-state index < -0.39 is 34.9 Å². The number of hydrogen-bond acceptors (Lipinski definition) is 7. The lowest BCUT2D eigenvalue weighted by molar-refractivity contribution is -0.155. The van der Waals surface area contributed by atoms with Gasteiger partial charge in [-0.1, -0.05) is 52.3 Å². The zero-order valence-electron chi connectivity index (χ0n) is 24.4. The third-order valence-corrected chi connectivity index (χ3v) is 7.47. The number of halogens is 2. The molecule has 0 aliphatic carbocycles. The van der Waals surface area contributed by atoms with Gasteiger partial charge in [0, 0.05) is 47.2 Å². The maximum Gasteiger partial charge on any atom is 0.306 e. The Morgan fingerprint density at radius 3 is 2.44 bits per heavy atom. The molecular formula is C33H36BrFN2O6. The Morgan fingerprint density at radius 1 is 1.07 bits per heavy atom. The number of benzene rings is 3. The minimum Gasteiger partial charge on any atom is -0.494 e. The fourth-order valence-electron chi connectivity index (χ4n) is 4.69. The van der Waals surface area contributed by atoms with Gasteiger partial charge >= 0.3 is 5.97 Å².